The van der Waals surface area contributed by atoms with Gasteiger partial charge in [0.25, 0.3) is 0 Å². The van der Waals surface area contributed by atoms with E-state index in [0.29, 0.717) is 10.6 Å². The van der Waals surface area contributed by atoms with Gasteiger partial charge in [-0.2, -0.15) is 4.31 Å². The van der Waals surface area contributed by atoms with Crippen LogP contribution in [0.1, 0.15) is 42.7 Å². The van der Waals surface area contributed by atoms with Crippen molar-refractivity contribution in [2.24, 2.45) is 0 Å². The van der Waals surface area contributed by atoms with Crippen LogP contribution in [0, 0.1) is 6.92 Å². The monoisotopic (exact) mass is 563 g/mol. The summed E-state index contributed by atoms with van der Waals surface area (Å²) in [6.45, 7) is 13.5. The molecule has 0 saturated carbocycles. The van der Waals surface area contributed by atoms with Crippen LogP contribution in [0.3, 0.4) is 0 Å². The molecule has 1 aliphatic rings. The van der Waals surface area contributed by atoms with E-state index in [1.165, 1.54) is 4.31 Å². The molecule has 1 atom stereocenters. The molecule has 9 heteroatoms. The number of aryl methyl sites for hydroxylation is 1. The minimum absolute atomic E-state index is 0.118. The zero-order chi connectivity index (χ0) is 26.8. The second-order valence-corrected chi connectivity index (χ2v) is 21.9. The molecule has 36 heavy (non-hydrogen) atoms. The predicted octanol–water partition coefficient (Wildman–Crippen LogP) is 5.81. The van der Waals surface area contributed by atoms with Crippen LogP contribution in [0.4, 0.5) is 0 Å². The number of sulfonamides is 1. The summed E-state index contributed by atoms with van der Waals surface area (Å²) in [5, 5.41) is 2.59. The average Bonchev–Trinajstić information content (AvgIpc) is 2.75. The van der Waals surface area contributed by atoms with Gasteiger partial charge < -0.3 is 0 Å². The first-order valence-electron chi connectivity index (χ1n) is 12.0. The van der Waals surface area contributed by atoms with E-state index in [1.807, 2.05) is 31.2 Å². The van der Waals surface area contributed by atoms with E-state index in [9.17, 15) is 16.8 Å². The molecule has 0 aliphatic carbocycles. The van der Waals surface area contributed by atoms with Crippen molar-refractivity contribution in [2.45, 2.75) is 68.8 Å². The molecule has 0 aromatic heterocycles. The van der Waals surface area contributed by atoms with Crippen molar-refractivity contribution < 1.29 is 16.8 Å². The highest BCUT2D eigenvalue weighted by Crippen LogP contribution is 2.41. The Labute approximate surface area is 221 Å². The third-order valence-corrected chi connectivity index (χ3v) is 13.9. The maximum Gasteiger partial charge on any atom is 0.243 e. The van der Waals surface area contributed by atoms with Crippen molar-refractivity contribution in [3.05, 3.63) is 70.2 Å². The first-order valence-corrected chi connectivity index (χ1v) is 18.9. The Bertz CT molecular complexity index is 1550. The zero-order valence-electron chi connectivity index (χ0n) is 21.9. The maximum absolute atomic E-state index is 13.9. The summed E-state index contributed by atoms with van der Waals surface area (Å²) in [5.41, 5.74) is 2.48. The van der Waals surface area contributed by atoms with E-state index in [4.69, 9.17) is 11.6 Å². The molecule has 4 rings (SSSR count). The van der Waals surface area contributed by atoms with Crippen molar-refractivity contribution in [3.8, 4) is 0 Å². The van der Waals surface area contributed by atoms with Crippen LogP contribution in [0.15, 0.2) is 53.4 Å². The van der Waals surface area contributed by atoms with E-state index in [0.717, 1.165) is 27.1 Å². The van der Waals surface area contributed by atoms with Gasteiger partial charge in [0, 0.05) is 18.1 Å². The molecule has 1 heterocycles. The SMILES string of the molecule is Cc1ccc(S(=O)(=O)N2Cc3c(cc4ccc(Cl)cc4c3[Si](C)(C)C)C(S(=O)(=O)C(C)(C)C)C2)cc1. The molecule has 3 aromatic carbocycles. The smallest absolute Gasteiger partial charge is 0.228 e. The summed E-state index contributed by atoms with van der Waals surface area (Å²) in [7, 11) is -9.76. The van der Waals surface area contributed by atoms with Crippen molar-refractivity contribution in [1.82, 2.24) is 4.31 Å². The van der Waals surface area contributed by atoms with E-state index in [-0.39, 0.29) is 18.0 Å². The molecule has 0 spiro atoms. The summed E-state index contributed by atoms with van der Waals surface area (Å²) in [4.78, 5) is 0.168. The average molecular weight is 564 g/mol. The Morgan fingerprint density at radius 2 is 1.56 bits per heavy atom. The number of halogens is 1. The van der Waals surface area contributed by atoms with Gasteiger partial charge in [0.15, 0.2) is 9.84 Å². The Hall–Kier alpha value is -1.71. The second-order valence-electron chi connectivity index (χ2n) is 11.7. The van der Waals surface area contributed by atoms with Crippen molar-refractivity contribution >= 4 is 55.5 Å². The molecule has 5 nitrogen and oxygen atoms in total. The lowest BCUT2D eigenvalue weighted by molar-refractivity contribution is 0.380. The van der Waals surface area contributed by atoms with E-state index in [2.05, 4.69) is 19.6 Å². The molecule has 0 saturated heterocycles. The van der Waals surface area contributed by atoms with Crippen molar-refractivity contribution in [3.63, 3.8) is 0 Å². The number of sulfone groups is 1. The highest BCUT2D eigenvalue weighted by atomic mass is 35.5. The molecule has 0 N–H and O–H groups in total. The third kappa shape index (κ3) is 4.67. The van der Waals surface area contributed by atoms with Gasteiger partial charge in [-0.15, -0.1) is 0 Å². The van der Waals surface area contributed by atoms with Gasteiger partial charge in [0.2, 0.25) is 10.0 Å². The van der Waals surface area contributed by atoms with Crippen LogP contribution >= 0.6 is 11.6 Å². The molecule has 0 bridgehead atoms. The number of hydrogen-bond acceptors (Lipinski definition) is 4. The Balaban J connectivity index is 2.06. The minimum Gasteiger partial charge on any atom is -0.228 e. The Morgan fingerprint density at radius 1 is 0.944 bits per heavy atom. The molecule has 1 unspecified atom stereocenters. The van der Waals surface area contributed by atoms with Crippen LogP contribution < -0.4 is 5.19 Å². The molecule has 194 valence electrons. The maximum atomic E-state index is 13.9. The summed E-state index contributed by atoms with van der Waals surface area (Å²) in [6, 6.07) is 14.3. The molecule has 1 aliphatic heterocycles. The number of fused-ring (bicyclic) bond motifs is 2. The lowest BCUT2D eigenvalue weighted by Gasteiger charge is -2.39. The number of rotatable bonds is 4. The van der Waals surface area contributed by atoms with Crippen LogP contribution in [0.25, 0.3) is 10.8 Å². The van der Waals surface area contributed by atoms with Gasteiger partial charge in [0.05, 0.1) is 17.7 Å². The lowest BCUT2D eigenvalue weighted by Crippen LogP contribution is -2.49. The summed E-state index contributed by atoms with van der Waals surface area (Å²) in [5.74, 6) is 0. The summed E-state index contributed by atoms with van der Waals surface area (Å²) >= 11 is 6.39. The van der Waals surface area contributed by atoms with Gasteiger partial charge in [-0.1, -0.05) is 55.0 Å². The fraction of sp³-hybridized carbons (Fsp3) is 0.407. The van der Waals surface area contributed by atoms with Crippen LogP contribution in [-0.2, 0) is 26.4 Å². The molecule has 0 radical (unpaired) electrons. The first kappa shape index (κ1) is 27.3. The standard InChI is InChI=1S/C27H34ClNO4S2Si/c1-18-8-12-21(13-9-18)35(32,33)29-16-24-23(25(17-29)34(30,31)27(2,3)4)14-19-10-11-20(28)15-22(19)26(24)36(5,6)7/h8-15,25H,16-17H2,1-7H3. The number of nitrogens with zero attached hydrogens (tertiary/aromatic N) is 1. The van der Waals surface area contributed by atoms with Crippen LogP contribution in [0.2, 0.25) is 24.7 Å². The fourth-order valence-electron chi connectivity index (χ4n) is 5.01. The second kappa shape index (κ2) is 8.94. The van der Waals surface area contributed by atoms with Gasteiger partial charge in [-0.05, 0) is 85.1 Å². The Morgan fingerprint density at radius 3 is 2.11 bits per heavy atom. The normalized spacial score (nSPS) is 17.8. The minimum atomic E-state index is -3.93. The van der Waals surface area contributed by atoms with Gasteiger partial charge >= 0.3 is 0 Å². The number of hydrogen-bond donors (Lipinski definition) is 0. The summed E-state index contributed by atoms with van der Waals surface area (Å²) < 4.78 is 55.8. The quantitative estimate of drug-likeness (QED) is 0.376. The molecule has 0 fully saturated rings. The van der Waals surface area contributed by atoms with Crippen molar-refractivity contribution in [2.75, 3.05) is 6.54 Å². The van der Waals surface area contributed by atoms with Gasteiger partial charge in [-0.3, -0.25) is 0 Å². The Kier molecular flexibility index (Phi) is 6.79. The van der Waals surface area contributed by atoms with E-state index in [1.54, 1.807) is 45.0 Å². The van der Waals surface area contributed by atoms with E-state index < -0.39 is 37.9 Å². The lowest BCUT2D eigenvalue weighted by atomic mass is 9.95. The van der Waals surface area contributed by atoms with Gasteiger partial charge in [0.1, 0.15) is 5.25 Å². The number of benzene rings is 3. The predicted molar refractivity (Wildman–Crippen MR) is 152 cm³/mol. The highest BCUT2D eigenvalue weighted by molar-refractivity contribution is 7.93. The molecular formula is C27H34ClNO4S2Si. The largest absolute Gasteiger partial charge is 0.243 e. The van der Waals surface area contributed by atoms with E-state index >= 15 is 0 Å². The topological polar surface area (TPSA) is 71.5 Å². The van der Waals surface area contributed by atoms with Crippen LogP contribution in [0.5, 0.6) is 0 Å². The first-order chi connectivity index (χ1) is 16.4. The molecular weight excluding hydrogens is 530 g/mol. The van der Waals surface area contributed by atoms with Crippen LogP contribution in [-0.4, -0.2) is 40.5 Å². The molecule has 3 aromatic rings. The zero-order valence-corrected chi connectivity index (χ0v) is 25.3. The van der Waals surface area contributed by atoms with Gasteiger partial charge in [-0.25, -0.2) is 16.8 Å². The third-order valence-electron chi connectivity index (χ3n) is 6.93. The molecule has 0 amide bonds. The summed E-state index contributed by atoms with van der Waals surface area (Å²) in [6.07, 6.45) is 0. The van der Waals surface area contributed by atoms with Crippen molar-refractivity contribution in [1.29, 1.82) is 0 Å². The fourth-order valence-corrected chi connectivity index (χ4v) is 10.6. The highest BCUT2D eigenvalue weighted by Gasteiger charge is 2.46.